The van der Waals surface area contributed by atoms with Crippen LogP contribution >= 0.6 is 0 Å². The molecule has 2 saturated heterocycles. The van der Waals surface area contributed by atoms with Crippen molar-refractivity contribution in [2.45, 2.75) is 156 Å². The predicted octanol–water partition coefficient (Wildman–Crippen LogP) is 19.3. The van der Waals surface area contributed by atoms with Crippen LogP contribution in [-0.4, -0.2) is 239 Å². The fourth-order valence-corrected chi connectivity index (χ4v) is 23.5. The summed E-state index contributed by atoms with van der Waals surface area (Å²) in [5.41, 5.74) is 34.0. The first-order valence-corrected chi connectivity index (χ1v) is 49.6. The molecule has 0 spiro atoms. The first-order chi connectivity index (χ1) is 66.0. The average Bonchev–Trinajstić information content (AvgIpc) is 1.51. The maximum atomic E-state index is 13.0. The summed E-state index contributed by atoms with van der Waals surface area (Å²) in [4.78, 5) is 64.8. The minimum atomic E-state index is -0.0863. The van der Waals surface area contributed by atoms with Gasteiger partial charge in [-0.3, -0.25) is 29.3 Å². The Kier molecular flexibility index (Phi) is 29.4. The molecule has 3 fully saturated rings. The van der Waals surface area contributed by atoms with E-state index in [9.17, 15) is 14.7 Å². The van der Waals surface area contributed by atoms with E-state index in [1.807, 2.05) is 84.6 Å². The minimum absolute atomic E-state index is 0.0445. The Labute approximate surface area is 801 Å². The zero-order valence-corrected chi connectivity index (χ0v) is 82.8. The van der Waals surface area contributed by atoms with E-state index < -0.39 is 0 Å². The zero-order valence-electron chi connectivity index (χ0n) is 82.8. The van der Waals surface area contributed by atoms with E-state index in [0.29, 0.717) is 29.8 Å². The number of aromatic nitrogens is 7. The van der Waals surface area contributed by atoms with E-state index in [2.05, 4.69) is 244 Å². The monoisotopic (exact) mass is 1840 g/mol. The number of ether oxygens (including phenoxy) is 4. The highest BCUT2D eigenvalue weighted by Crippen LogP contribution is 2.52. The summed E-state index contributed by atoms with van der Waals surface area (Å²) < 4.78 is 23.2. The van der Waals surface area contributed by atoms with E-state index >= 15 is 0 Å². The third-order valence-electron chi connectivity index (χ3n) is 30.3. The molecule has 5 unspecified atom stereocenters. The molecule has 23 heteroatoms. The van der Waals surface area contributed by atoms with Gasteiger partial charge in [-0.25, -0.2) is 0 Å². The number of rotatable bonds is 18. The number of phenolic OH excluding ortho intramolecular Hbond substituents is 1. The van der Waals surface area contributed by atoms with Gasteiger partial charge in [0.05, 0.1) is 57.2 Å². The van der Waals surface area contributed by atoms with Gasteiger partial charge in [-0.05, 0) is 292 Å². The smallest absolute Gasteiger partial charge is 0.230 e. The lowest BCUT2D eigenvalue weighted by Gasteiger charge is -2.53. The van der Waals surface area contributed by atoms with Crippen molar-refractivity contribution in [1.82, 2.24) is 69.2 Å². The lowest BCUT2D eigenvalue weighted by Crippen LogP contribution is -2.56. The summed E-state index contributed by atoms with van der Waals surface area (Å²) in [6.45, 7) is 31.8. The fourth-order valence-electron chi connectivity index (χ4n) is 23.5. The quantitative estimate of drug-likeness (QED) is 0.0363. The molecule has 2 amide bonds. The van der Waals surface area contributed by atoms with Gasteiger partial charge in [0.25, 0.3) is 0 Å². The molecule has 7 aromatic heterocycles. The summed E-state index contributed by atoms with van der Waals surface area (Å²) in [5.74, 6) is 6.90. The Morgan fingerprint density at radius 1 is 0.610 bits per heavy atom. The van der Waals surface area contributed by atoms with Gasteiger partial charge in [-0.15, -0.1) is 6.58 Å². The van der Waals surface area contributed by atoms with Crippen LogP contribution in [0.15, 0.2) is 182 Å². The van der Waals surface area contributed by atoms with Gasteiger partial charge in [-0.2, -0.15) is 0 Å². The fraction of sp³-hybridized carbons (Fsp3) is 0.425. The molecule has 10 aliphatic rings. The van der Waals surface area contributed by atoms with Gasteiger partial charge >= 0.3 is 0 Å². The van der Waals surface area contributed by atoms with E-state index in [0.717, 1.165) is 172 Å². The van der Waals surface area contributed by atoms with Crippen molar-refractivity contribution < 1.29 is 33.6 Å². The highest BCUT2D eigenvalue weighted by Gasteiger charge is 2.49. The number of methoxy groups -OCH3 is 4. The summed E-state index contributed by atoms with van der Waals surface area (Å²) >= 11 is 0. The molecule has 0 radical (unpaired) electrons. The van der Waals surface area contributed by atoms with Crippen LogP contribution in [0.2, 0.25) is 0 Å². The summed E-state index contributed by atoms with van der Waals surface area (Å²) in [5, 5.41) is 22.2. The summed E-state index contributed by atoms with van der Waals surface area (Å²) in [7, 11) is 15.1. The number of phenols is 1. The number of hydrogen-bond acceptors (Lipinski definition) is 14. The number of aromatic amines is 6. The number of hydrogen-bond donors (Lipinski definition) is 9. The van der Waals surface area contributed by atoms with E-state index in [-0.39, 0.29) is 29.7 Å². The number of aryl methyl sites for hydroxylation is 1. The third-order valence-corrected chi connectivity index (χ3v) is 30.3. The van der Waals surface area contributed by atoms with Crippen molar-refractivity contribution in [2.24, 2.45) is 41.4 Å². The first kappa shape index (κ1) is 95.6. The van der Waals surface area contributed by atoms with Crippen LogP contribution in [0.4, 0.5) is 0 Å². The molecule has 14 aromatic rings. The van der Waals surface area contributed by atoms with Crippen LogP contribution in [0.25, 0.3) is 87.5 Å². The summed E-state index contributed by atoms with van der Waals surface area (Å²) in [6, 6.07) is 45.6. The molecule has 23 nitrogen and oxygen atoms in total. The van der Waals surface area contributed by atoms with Gasteiger partial charge in [-0.1, -0.05) is 61.9 Å². The van der Waals surface area contributed by atoms with Crippen LogP contribution in [0, 0.1) is 23.7 Å². The number of fused-ring (bicyclic) bond motifs is 16. The number of aliphatic imine (C=N–C) groups is 1. The molecule has 1 saturated carbocycles. The van der Waals surface area contributed by atoms with Crippen LogP contribution in [0.1, 0.15) is 154 Å². The SMILES string of the molecule is C=CCN1C[C@H](C(=O)N(CC)CC)C=C2c3cccc4[nH]cc(c34)C[C@H]21.CCC1C[C@H]2C[C@H]3c4[nH]c5ccc(OC)cc5c4CCN(C2)C13.CCN(CC)C(=O)[C@@H]1C=C2c3cccc4[nH]cc(c34)C[C@H]2N(C)C1.CN(C)CCc1cn(C)c2cccc(O)c12.COc1ccc2[nH]cc(CC(C)N)c2c1.COc1ccc2c3c([nH]c2c1)C(C)=NCC3.COc1ccc2c3c([nH]c2c1)C(C)NCC3. The number of aromatic hydroxyl groups is 1. The number of benzene rings is 7. The van der Waals surface area contributed by atoms with Gasteiger partial charge in [0.15, 0.2) is 0 Å². The number of carbonyl (C=O) groups is 2. The Balaban J connectivity index is 0.000000111. The Bertz CT molecular complexity index is 6730. The molecule has 136 heavy (non-hydrogen) atoms. The van der Waals surface area contributed by atoms with E-state index in [1.165, 1.54) is 160 Å². The van der Waals surface area contributed by atoms with Crippen molar-refractivity contribution in [3.05, 3.63) is 244 Å². The molecule has 10 N–H and O–H groups in total. The van der Waals surface area contributed by atoms with Crippen molar-refractivity contribution in [1.29, 1.82) is 0 Å². The number of carbonyl (C=O) groups excluding carboxylic acids is 2. The lowest BCUT2D eigenvalue weighted by atomic mass is 9.65. The van der Waals surface area contributed by atoms with Crippen molar-refractivity contribution >= 4 is 105 Å². The van der Waals surface area contributed by atoms with Crippen LogP contribution < -0.4 is 30.0 Å². The first-order valence-electron chi connectivity index (χ1n) is 49.6. The average molecular weight is 1840 g/mol. The topological polar surface area (TPSA) is 261 Å². The van der Waals surface area contributed by atoms with Gasteiger partial charge < -0.3 is 84.3 Å². The molecular weight excluding hydrogens is 1690 g/mol. The second-order valence-electron chi connectivity index (χ2n) is 38.8. The number of likely N-dealkylation sites (N-methyl/N-ethyl adjacent to an activating group) is 2. The maximum absolute atomic E-state index is 13.0. The van der Waals surface area contributed by atoms with Gasteiger partial charge in [0.1, 0.15) is 28.7 Å². The van der Waals surface area contributed by atoms with Crippen LogP contribution in [0.3, 0.4) is 0 Å². The minimum Gasteiger partial charge on any atom is -0.507 e. The number of nitrogens with zero attached hydrogens (tertiary/aromatic N) is 8. The number of H-pyrrole nitrogens is 6. The Morgan fingerprint density at radius 3 is 1.81 bits per heavy atom. The maximum Gasteiger partial charge on any atom is 0.230 e. The van der Waals surface area contributed by atoms with E-state index in [4.69, 9.17) is 24.7 Å². The second kappa shape index (κ2) is 41.9. The molecule has 716 valence electrons. The molecule has 24 rings (SSSR count). The largest absolute Gasteiger partial charge is 0.507 e. The summed E-state index contributed by atoms with van der Waals surface area (Å²) in [6.07, 6.45) is 26.2. The van der Waals surface area contributed by atoms with Crippen LogP contribution in [-0.2, 0) is 61.6 Å². The number of amides is 2. The molecule has 14 heterocycles. The molecular formula is C113H142N16O7. The predicted molar refractivity (Wildman–Crippen MR) is 558 cm³/mol. The molecule has 3 aliphatic carbocycles. The standard InChI is InChI=1S/C22H27N3O.C20H25N3O.C20H26N2O.C13H16N2O.C13H14N2O.C13H18N2O.C12H16N2O/c1-4-10-25-14-16(22(26)24(5-2)6-3)11-18-17-8-7-9-19-21(17)15(13-23-19)12-20(18)25;1-4-23(5-2)20(24)14-9-16-15-7-6-8-17-19(15)13(11-21-17)10-18(16)22(3)12-14;1-3-13-8-12-9-17-19-15(6-7-22(11-12)20(13)17)16-10-14(23-2)4-5-18(16)21-19;2*1-8-13-11(5-6-14-8)10-4-3-9(16-2)7-12(10)15-13;1-14(2)8-7-10-9-15(3)11-5-4-6-12(16)13(10)11;1-8(13)5-9-7-14-12-4-3-10(15-2)6-11(9)12/h4,7-9,11,13,16,20,23H,1,5-6,10,12,14H2,2-3H3;6-9,11,14,18,21H,4-5,10,12H2,1-3H3;4-5,10,12-13,17,20-21H,3,6-9,11H2,1-2H3;3-4,7-8,14-15H,5-6H2,1-2H3;3-4,7,15H,5-6H2,1-2H3;4-6,9,16H,7-8H2,1-3H3;3-4,6-8,14H,5,13H2,1-2H3/t16-,20-;14-,18-;12-,13?,17-,20?;;;;/m110..../s1. The normalized spacial score (nSPS) is 21.1. The van der Waals surface area contributed by atoms with Crippen LogP contribution in [0.5, 0.6) is 28.7 Å². The Hall–Kier alpha value is -12.1. The number of nitrogens with one attached hydrogen (secondary N) is 7. The molecule has 7 aliphatic heterocycles. The molecule has 7 aromatic carbocycles. The van der Waals surface area contributed by atoms with Gasteiger partial charge in [0, 0.05) is 234 Å². The zero-order chi connectivity index (χ0) is 95.4. The highest BCUT2D eigenvalue weighted by molar-refractivity contribution is 6.06. The lowest BCUT2D eigenvalue weighted by molar-refractivity contribution is -0.135. The van der Waals surface area contributed by atoms with Gasteiger partial charge in [0.2, 0.25) is 11.8 Å². The highest BCUT2D eigenvalue weighted by atomic mass is 16.5. The van der Waals surface area contributed by atoms with Crippen molar-refractivity contribution in [3.63, 3.8) is 0 Å². The van der Waals surface area contributed by atoms with E-state index in [1.54, 1.807) is 45.8 Å². The molecule has 11 atom stereocenters. The van der Waals surface area contributed by atoms with Crippen molar-refractivity contribution in [2.75, 3.05) is 128 Å². The molecule has 4 bridgehead atoms. The Morgan fingerprint density at radius 2 is 1.18 bits per heavy atom. The second-order valence-corrected chi connectivity index (χ2v) is 38.8. The van der Waals surface area contributed by atoms with Crippen molar-refractivity contribution in [3.8, 4) is 28.7 Å². The number of nitrogens with two attached hydrogens (primary N) is 1. The number of piperidine rings is 2. The third kappa shape index (κ3) is 19.3.